The van der Waals surface area contributed by atoms with Gasteiger partial charge in [0.1, 0.15) is 5.76 Å². The van der Waals surface area contributed by atoms with Crippen LogP contribution in [0.2, 0.25) is 0 Å². The van der Waals surface area contributed by atoms with Crippen LogP contribution in [0, 0.1) is 17.8 Å². The normalized spacial score (nSPS) is 20.1. The van der Waals surface area contributed by atoms with Crippen LogP contribution < -0.4 is 10.6 Å². The molecule has 4 nitrogen and oxygen atoms in total. The Kier molecular flexibility index (Phi) is 4.10. The number of hydrogen-bond acceptors (Lipinski definition) is 3. The zero-order valence-electron chi connectivity index (χ0n) is 12.1. The molecule has 0 spiro atoms. The molecular weight excluding hydrogens is 252 g/mol. The maximum atomic E-state index is 12.0. The van der Waals surface area contributed by atoms with Gasteiger partial charge in [-0.1, -0.05) is 0 Å². The maximum Gasteiger partial charge on any atom is 0.237 e. The molecule has 110 valence electrons. The third kappa shape index (κ3) is 3.63. The second-order valence-electron chi connectivity index (χ2n) is 6.27. The highest BCUT2D eigenvalue weighted by Gasteiger charge is 2.41. The van der Waals surface area contributed by atoms with Crippen molar-refractivity contribution in [1.29, 1.82) is 0 Å². The van der Waals surface area contributed by atoms with E-state index in [0.717, 1.165) is 30.1 Å². The highest BCUT2D eigenvalue weighted by molar-refractivity contribution is 5.81. The third-order valence-corrected chi connectivity index (χ3v) is 4.52. The molecule has 4 heteroatoms. The van der Waals surface area contributed by atoms with Crippen LogP contribution in [0.25, 0.3) is 0 Å². The Morgan fingerprint density at radius 2 is 2.05 bits per heavy atom. The van der Waals surface area contributed by atoms with Gasteiger partial charge >= 0.3 is 0 Å². The van der Waals surface area contributed by atoms with Crippen molar-refractivity contribution < 1.29 is 9.21 Å². The van der Waals surface area contributed by atoms with Crippen molar-refractivity contribution in [3.8, 4) is 0 Å². The Morgan fingerprint density at radius 3 is 2.60 bits per heavy atom. The number of carbonyl (C=O) groups excluding carboxylic acids is 1. The number of furan rings is 1. The largest absolute Gasteiger partial charge is 0.467 e. The molecule has 2 fully saturated rings. The van der Waals surface area contributed by atoms with Gasteiger partial charge in [-0.25, -0.2) is 0 Å². The van der Waals surface area contributed by atoms with Gasteiger partial charge < -0.3 is 15.1 Å². The van der Waals surface area contributed by atoms with Gasteiger partial charge in [-0.05, 0) is 69.0 Å². The van der Waals surface area contributed by atoms with Crippen LogP contribution in [0.4, 0.5) is 0 Å². The van der Waals surface area contributed by atoms with Crippen LogP contribution in [-0.2, 0) is 11.3 Å². The minimum atomic E-state index is -0.134. The summed E-state index contributed by atoms with van der Waals surface area (Å²) in [5, 5.41) is 6.32. The van der Waals surface area contributed by atoms with E-state index in [-0.39, 0.29) is 11.9 Å². The first-order valence-corrected chi connectivity index (χ1v) is 7.77. The Hall–Kier alpha value is -1.29. The number of amides is 1. The molecule has 0 bridgehead atoms. The molecule has 0 aliphatic heterocycles. The van der Waals surface area contributed by atoms with Crippen molar-refractivity contribution in [1.82, 2.24) is 10.6 Å². The second kappa shape index (κ2) is 6.00. The topological polar surface area (TPSA) is 54.3 Å². The summed E-state index contributed by atoms with van der Waals surface area (Å²) in [5.41, 5.74) is 0. The fraction of sp³-hybridized carbons (Fsp3) is 0.688. The Labute approximate surface area is 120 Å². The fourth-order valence-electron chi connectivity index (χ4n) is 2.91. The molecular formula is C16H24N2O2. The molecule has 1 unspecified atom stereocenters. The standard InChI is InChI=1S/C16H24N2O2/c1-11(16(19)18-9-14-3-2-8-20-14)17-10-15(12-4-5-12)13-6-7-13/h2-3,8,11-13,15,17H,4-7,9-10H2,1H3,(H,18,19). The molecule has 20 heavy (non-hydrogen) atoms. The second-order valence-corrected chi connectivity index (χ2v) is 6.27. The van der Waals surface area contributed by atoms with Gasteiger partial charge in [0.2, 0.25) is 5.91 Å². The van der Waals surface area contributed by atoms with E-state index < -0.39 is 0 Å². The van der Waals surface area contributed by atoms with E-state index in [1.165, 1.54) is 25.7 Å². The first-order chi connectivity index (χ1) is 9.74. The van der Waals surface area contributed by atoms with Gasteiger partial charge in [-0.2, -0.15) is 0 Å². The van der Waals surface area contributed by atoms with Gasteiger partial charge in [0.15, 0.2) is 0 Å². The molecule has 2 aliphatic rings. The molecule has 2 N–H and O–H groups in total. The van der Waals surface area contributed by atoms with Crippen molar-refractivity contribution in [2.24, 2.45) is 17.8 Å². The Balaban J connectivity index is 1.39. The highest BCUT2D eigenvalue weighted by atomic mass is 16.3. The van der Waals surface area contributed by atoms with Crippen LogP contribution in [0.1, 0.15) is 38.4 Å². The lowest BCUT2D eigenvalue weighted by atomic mass is 9.97. The molecule has 0 saturated heterocycles. The van der Waals surface area contributed by atoms with E-state index >= 15 is 0 Å². The van der Waals surface area contributed by atoms with E-state index in [4.69, 9.17) is 4.42 Å². The highest BCUT2D eigenvalue weighted by Crippen LogP contribution is 2.48. The van der Waals surface area contributed by atoms with Crippen LogP contribution >= 0.6 is 0 Å². The lowest BCUT2D eigenvalue weighted by molar-refractivity contribution is -0.123. The average molecular weight is 276 g/mol. The van der Waals surface area contributed by atoms with Crippen molar-refractivity contribution in [2.75, 3.05) is 6.54 Å². The molecule has 1 amide bonds. The minimum Gasteiger partial charge on any atom is -0.467 e. The number of hydrogen-bond donors (Lipinski definition) is 2. The maximum absolute atomic E-state index is 12.0. The molecule has 1 aromatic heterocycles. The minimum absolute atomic E-state index is 0.0479. The molecule has 3 rings (SSSR count). The van der Waals surface area contributed by atoms with E-state index in [1.807, 2.05) is 19.1 Å². The van der Waals surface area contributed by atoms with Crippen LogP contribution in [0.15, 0.2) is 22.8 Å². The first-order valence-electron chi connectivity index (χ1n) is 7.77. The predicted molar refractivity (Wildman–Crippen MR) is 77.0 cm³/mol. The van der Waals surface area contributed by atoms with Crippen LogP contribution in [-0.4, -0.2) is 18.5 Å². The summed E-state index contributed by atoms with van der Waals surface area (Å²) in [5.74, 6) is 3.49. The SMILES string of the molecule is CC(NCC(C1CC1)C1CC1)C(=O)NCc1ccco1. The average Bonchev–Trinajstić information content (AvgIpc) is 3.38. The summed E-state index contributed by atoms with van der Waals surface area (Å²) in [6.45, 7) is 3.39. The lowest BCUT2D eigenvalue weighted by Crippen LogP contribution is -2.44. The van der Waals surface area contributed by atoms with E-state index in [0.29, 0.717) is 6.54 Å². The predicted octanol–water partition coefficient (Wildman–Crippen LogP) is 2.31. The summed E-state index contributed by atoms with van der Waals surface area (Å²) < 4.78 is 5.21. The lowest BCUT2D eigenvalue weighted by Gasteiger charge is -2.20. The van der Waals surface area contributed by atoms with Gasteiger partial charge in [0.05, 0.1) is 18.8 Å². The molecule has 1 aromatic rings. The fourth-order valence-corrected chi connectivity index (χ4v) is 2.91. The summed E-state index contributed by atoms with van der Waals surface area (Å²) in [7, 11) is 0. The smallest absolute Gasteiger partial charge is 0.237 e. The number of nitrogens with one attached hydrogen (secondary N) is 2. The number of carbonyl (C=O) groups is 1. The van der Waals surface area contributed by atoms with E-state index in [2.05, 4.69) is 10.6 Å². The summed E-state index contributed by atoms with van der Waals surface area (Å²) in [6, 6.07) is 3.57. The van der Waals surface area contributed by atoms with Crippen molar-refractivity contribution >= 4 is 5.91 Å². The van der Waals surface area contributed by atoms with Gasteiger partial charge in [0.25, 0.3) is 0 Å². The zero-order valence-corrected chi connectivity index (χ0v) is 12.1. The Morgan fingerprint density at radius 1 is 1.35 bits per heavy atom. The Bertz CT molecular complexity index is 423. The summed E-state index contributed by atoms with van der Waals surface area (Å²) >= 11 is 0. The molecule has 2 aliphatic carbocycles. The van der Waals surface area contributed by atoms with E-state index in [1.54, 1.807) is 6.26 Å². The number of rotatable bonds is 8. The molecule has 2 saturated carbocycles. The molecule has 0 aromatic carbocycles. The molecule has 0 radical (unpaired) electrons. The summed E-state index contributed by atoms with van der Waals surface area (Å²) in [6.07, 6.45) is 7.19. The van der Waals surface area contributed by atoms with Gasteiger partial charge in [-0.15, -0.1) is 0 Å². The third-order valence-electron chi connectivity index (χ3n) is 4.52. The van der Waals surface area contributed by atoms with Crippen molar-refractivity contribution in [2.45, 2.75) is 45.2 Å². The van der Waals surface area contributed by atoms with Gasteiger partial charge in [-0.3, -0.25) is 4.79 Å². The van der Waals surface area contributed by atoms with E-state index in [9.17, 15) is 4.79 Å². The van der Waals surface area contributed by atoms with Gasteiger partial charge in [0, 0.05) is 0 Å². The molecule has 1 atom stereocenters. The quantitative estimate of drug-likeness (QED) is 0.766. The van der Waals surface area contributed by atoms with Crippen LogP contribution in [0.5, 0.6) is 0 Å². The summed E-state index contributed by atoms with van der Waals surface area (Å²) in [4.78, 5) is 12.0. The van der Waals surface area contributed by atoms with Crippen molar-refractivity contribution in [3.63, 3.8) is 0 Å². The van der Waals surface area contributed by atoms with Crippen molar-refractivity contribution in [3.05, 3.63) is 24.2 Å². The van der Waals surface area contributed by atoms with Crippen LogP contribution in [0.3, 0.4) is 0 Å². The monoisotopic (exact) mass is 276 g/mol. The molecule has 1 heterocycles. The first kappa shape index (κ1) is 13.7. The zero-order chi connectivity index (χ0) is 13.9.